The van der Waals surface area contributed by atoms with E-state index in [1.807, 2.05) is 13.0 Å². The summed E-state index contributed by atoms with van der Waals surface area (Å²) in [4.78, 5) is 10.6. The summed E-state index contributed by atoms with van der Waals surface area (Å²) in [6.07, 6.45) is 2.27. The van der Waals surface area contributed by atoms with Gasteiger partial charge < -0.3 is 9.84 Å². The van der Waals surface area contributed by atoms with Crippen LogP contribution in [-0.2, 0) is 14.8 Å². The lowest BCUT2D eigenvalue weighted by molar-refractivity contribution is -0.131. The van der Waals surface area contributed by atoms with Crippen molar-refractivity contribution in [2.75, 3.05) is 18.5 Å². The topological polar surface area (TPSA) is 83.9 Å². The number of aryl methyl sites for hydroxylation is 1. The van der Waals surface area contributed by atoms with Crippen LogP contribution in [0, 0.1) is 6.92 Å². The van der Waals surface area contributed by atoms with Gasteiger partial charge in [0.15, 0.2) is 0 Å². The van der Waals surface area contributed by atoms with Crippen LogP contribution in [0.2, 0.25) is 0 Å². The Morgan fingerprint density at radius 2 is 1.92 bits per heavy atom. The van der Waals surface area contributed by atoms with Gasteiger partial charge in [-0.05, 0) is 48.4 Å². The molecule has 2 rings (SSSR count). The second-order valence-electron chi connectivity index (χ2n) is 5.39. The molecule has 0 atom stereocenters. The van der Waals surface area contributed by atoms with Crippen molar-refractivity contribution in [3.8, 4) is 5.75 Å². The Kier molecular flexibility index (Phi) is 5.48. The zero-order valence-electron chi connectivity index (χ0n) is 14.1. The summed E-state index contributed by atoms with van der Waals surface area (Å²) in [5.74, 6) is -0.927. The quantitative estimate of drug-likeness (QED) is 0.800. The van der Waals surface area contributed by atoms with Crippen molar-refractivity contribution in [3.63, 3.8) is 0 Å². The number of anilines is 1. The van der Waals surface area contributed by atoms with Crippen LogP contribution in [0.25, 0.3) is 6.08 Å². The van der Waals surface area contributed by atoms with Crippen molar-refractivity contribution >= 4 is 27.8 Å². The molecule has 6 nitrogen and oxygen atoms in total. The Morgan fingerprint density at radius 3 is 2.52 bits per heavy atom. The number of carbonyl (C=O) groups is 1. The first-order valence-electron chi connectivity index (χ1n) is 7.40. The lowest BCUT2D eigenvalue weighted by Gasteiger charge is -2.21. The van der Waals surface area contributed by atoms with E-state index in [0.29, 0.717) is 11.3 Å². The number of rotatable bonds is 6. The summed E-state index contributed by atoms with van der Waals surface area (Å²) in [6.45, 7) is 1.88. The lowest BCUT2D eigenvalue weighted by atomic mass is 10.2. The number of nitrogens with zero attached hydrogens (tertiary/aromatic N) is 1. The van der Waals surface area contributed by atoms with E-state index in [0.717, 1.165) is 11.6 Å². The molecule has 132 valence electrons. The maximum atomic E-state index is 13.0. The van der Waals surface area contributed by atoms with Gasteiger partial charge in [-0.25, -0.2) is 13.2 Å². The molecule has 0 bridgehead atoms. The van der Waals surface area contributed by atoms with Gasteiger partial charge in [0.05, 0.1) is 12.8 Å². The van der Waals surface area contributed by atoms with Gasteiger partial charge in [0, 0.05) is 13.1 Å². The molecule has 0 aromatic heterocycles. The third-order valence-electron chi connectivity index (χ3n) is 3.61. The molecule has 0 saturated heterocycles. The molecule has 0 aliphatic carbocycles. The smallest absolute Gasteiger partial charge is 0.328 e. The molecule has 0 saturated carbocycles. The maximum absolute atomic E-state index is 13.0. The van der Waals surface area contributed by atoms with Gasteiger partial charge in [-0.15, -0.1) is 0 Å². The number of sulfonamides is 1. The standard InChI is InChI=1S/C18H19NO5S/c1-13-5-4-6-15(11-13)19(2)25(22,23)17-12-14(8-10-18(20)21)7-9-16(17)24-3/h4-12H,1-3H3,(H,20,21)/b10-8-. The molecular formula is C18H19NO5S. The molecular weight excluding hydrogens is 342 g/mol. The van der Waals surface area contributed by atoms with Crippen LogP contribution in [0.4, 0.5) is 5.69 Å². The maximum Gasteiger partial charge on any atom is 0.328 e. The van der Waals surface area contributed by atoms with Crippen molar-refractivity contribution < 1.29 is 23.1 Å². The summed E-state index contributed by atoms with van der Waals surface area (Å²) >= 11 is 0. The normalized spacial score (nSPS) is 11.5. The minimum absolute atomic E-state index is 0.0356. The average Bonchev–Trinajstić information content (AvgIpc) is 2.58. The van der Waals surface area contributed by atoms with Crippen LogP contribution in [0.15, 0.2) is 53.4 Å². The minimum Gasteiger partial charge on any atom is -0.495 e. The third-order valence-corrected chi connectivity index (χ3v) is 5.42. The van der Waals surface area contributed by atoms with E-state index in [4.69, 9.17) is 9.84 Å². The summed E-state index contributed by atoms with van der Waals surface area (Å²) in [6, 6.07) is 11.6. The van der Waals surface area contributed by atoms with E-state index >= 15 is 0 Å². The average molecular weight is 361 g/mol. The minimum atomic E-state index is -3.89. The van der Waals surface area contributed by atoms with E-state index in [2.05, 4.69) is 0 Å². The van der Waals surface area contributed by atoms with Gasteiger partial charge in [-0.3, -0.25) is 4.31 Å². The number of methoxy groups -OCH3 is 1. The molecule has 0 heterocycles. The predicted octanol–water partition coefficient (Wildman–Crippen LogP) is 2.93. The Bertz CT molecular complexity index is 919. The predicted molar refractivity (Wildman–Crippen MR) is 96.4 cm³/mol. The van der Waals surface area contributed by atoms with E-state index in [1.165, 1.54) is 36.7 Å². The highest BCUT2D eigenvalue weighted by atomic mass is 32.2. The summed E-state index contributed by atoms with van der Waals surface area (Å²) in [7, 11) is -1.04. The van der Waals surface area contributed by atoms with E-state index in [9.17, 15) is 13.2 Å². The molecule has 1 N–H and O–H groups in total. The third kappa shape index (κ3) is 4.19. The monoisotopic (exact) mass is 361 g/mol. The Labute approximate surface area is 147 Å². The number of carboxylic acid groups (broad SMARTS) is 1. The van der Waals surface area contributed by atoms with Crippen molar-refractivity contribution in [1.29, 1.82) is 0 Å². The molecule has 0 aliphatic heterocycles. The first-order valence-corrected chi connectivity index (χ1v) is 8.84. The van der Waals surface area contributed by atoms with Gasteiger partial charge in [0.25, 0.3) is 10.0 Å². The highest BCUT2D eigenvalue weighted by Crippen LogP contribution is 2.30. The first kappa shape index (κ1) is 18.5. The van der Waals surface area contributed by atoms with Crippen LogP contribution < -0.4 is 9.04 Å². The van der Waals surface area contributed by atoms with Gasteiger partial charge in [-0.1, -0.05) is 18.2 Å². The SMILES string of the molecule is COc1ccc(/C=C\C(=O)O)cc1S(=O)(=O)N(C)c1cccc(C)c1. The molecule has 0 spiro atoms. The Morgan fingerprint density at radius 1 is 1.20 bits per heavy atom. The summed E-state index contributed by atoms with van der Waals surface area (Å²) < 4.78 is 32.4. The van der Waals surface area contributed by atoms with Crippen LogP contribution >= 0.6 is 0 Å². The Hall–Kier alpha value is -2.80. The van der Waals surface area contributed by atoms with Crippen LogP contribution in [0.5, 0.6) is 5.75 Å². The van der Waals surface area contributed by atoms with Crippen molar-refractivity contribution in [3.05, 3.63) is 59.7 Å². The van der Waals surface area contributed by atoms with E-state index in [-0.39, 0.29) is 10.6 Å². The lowest BCUT2D eigenvalue weighted by Crippen LogP contribution is -2.27. The van der Waals surface area contributed by atoms with Gasteiger partial charge >= 0.3 is 5.97 Å². The summed E-state index contributed by atoms with van der Waals surface area (Å²) in [5.41, 5.74) is 1.90. The zero-order chi connectivity index (χ0) is 18.6. The van der Waals surface area contributed by atoms with Crippen LogP contribution in [-0.4, -0.2) is 33.7 Å². The largest absolute Gasteiger partial charge is 0.495 e. The van der Waals surface area contributed by atoms with E-state index < -0.39 is 16.0 Å². The molecule has 2 aromatic carbocycles. The molecule has 0 aliphatic rings. The second kappa shape index (κ2) is 7.40. The van der Waals surface area contributed by atoms with Crippen LogP contribution in [0.1, 0.15) is 11.1 Å². The van der Waals surface area contributed by atoms with Crippen LogP contribution in [0.3, 0.4) is 0 Å². The molecule has 25 heavy (non-hydrogen) atoms. The highest BCUT2D eigenvalue weighted by Gasteiger charge is 2.25. The molecule has 0 unspecified atom stereocenters. The van der Waals surface area contributed by atoms with Crippen molar-refractivity contribution in [2.24, 2.45) is 0 Å². The highest BCUT2D eigenvalue weighted by molar-refractivity contribution is 7.92. The number of carboxylic acids is 1. The number of benzene rings is 2. The molecule has 0 amide bonds. The van der Waals surface area contributed by atoms with Gasteiger partial charge in [-0.2, -0.15) is 0 Å². The molecule has 2 aromatic rings. The van der Waals surface area contributed by atoms with Crippen molar-refractivity contribution in [1.82, 2.24) is 0 Å². The molecule has 0 radical (unpaired) electrons. The number of aliphatic carboxylic acids is 1. The fourth-order valence-electron chi connectivity index (χ4n) is 2.28. The zero-order valence-corrected chi connectivity index (χ0v) is 14.9. The summed E-state index contributed by atoms with van der Waals surface area (Å²) in [5, 5.41) is 8.73. The van der Waals surface area contributed by atoms with Gasteiger partial charge in [0.2, 0.25) is 0 Å². The fourth-order valence-corrected chi connectivity index (χ4v) is 3.65. The number of hydrogen-bond acceptors (Lipinski definition) is 4. The number of hydrogen-bond donors (Lipinski definition) is 1. The van der Waals surface area contributed by atoms with Gasteiger partial charge in [0.1, 0.15) is 10.6 Å². The van der Waals surface area contributed by atoms with Crippen molar-refractivity contribution in [2.45, 2.75) is 11.8 Å². The first-order chi connectivity index (χ1) is 11.8. The second-order valence-corrected chi connectivity index (χ2v) is 7.33. The molecule has 0 fully saturated rings. The van der Waals surface area contributed by atoms with E-state index in [1.54, 1.807) is 24.3 Å². The number of ether oxygens (including phenoxy) is 1. The Balaban J connectivity index is 2.53. The fraction of sp³-hybridized carbons (Fsp3) is 0.167. The molecule has 7 heteroatoms.